The highest BCUT2D eigenvalue weighted by molar-refractivity contribution is 5.88. The van der Waals surface area contributed by atoms with E-state index in [1.54, 1.807) is 18.2 Å². The molecular weight excluding hydrogens is 313 g/mol. The summed E-state index contributed by atoms with van der Waals surface area (Å²) in [7, 11) is 4.61. The monoisotopic (exact) mass is 331 g/mol. The minimum atomic E-state index is -0.323. The summed E-state index contributed by atoms with van der Waals surface area (Å²) in [5, 5.41) is 0.668. The van der Waals surface area contributed by atoms with Gasteiger partial charge in [-0.1, -0.05) is 0 Å². The van der Waals surface area contributed by atoms with E-state index in [9.17, 15) is 4.39 Å². The fraction of sp³-hybridized carbons (Fsp3) is 0.222. The van der Waals surface area contributed by atoms with Gasteiger partial charge in [0.1, 0.15) is 11.6 Å². The molecule has 0 radical (unpaired) electrons. The highest BCUT2D eigenvalue weighted by Crippen LogP contribution is 2.43. The Morgan fingerprint density at radius 3 is 2.12 bits per heavy atom. The zero-order valence-corrected chi connectivity index (χ0v) is 13.9. The fourth-order valence-electron chi connectivity index (χ4n) is 2.64. The second-order valence-corrected chi connectivity index (χ2v) is 5.23. The van der Waals surface area contributed by atoms with Gasteiger partial charge in [0.2, 0.25) is 5.75 Å². The van der Waals surface area contributed by atoms with Crippen LogP contribution in [0.3, 0.4) is 0 Å². The van der Waals surface area contributed by atoms with Gasteiger partial charge in [-0.3, -0.25) is 0 Å². The molecule has 6 heteroatoms. The van der Waals surface area contributed by atoms with Gasteiger partial charge in [-0.2, -0.15) is 0 Å². The summed E-state index contributed by atoms with van der Waals surface area (Å²) in [4.78, 5) is 3.18. The molecule has 5 nitrogen and oxygen atoms in total. The summed E-state index contributed by atoms with van der Waals surface area (Å²) in [6.45, 7) is 1.87. The second kappa shape index (κ2) is 6.31. The number of hydrogen-bond donors (Lipinski definition) is 1. The van der Waals surface area contributed by atoms with Crippen LogP contribution in [0.4, 0.5) is 4.39 Å². The predicted molar refractivity (Wildman–Crippen MR) is 89.2 cm³/mol. The van der Waals surface area contributed by atoms with Gasteiger partial charge in [0.25, 0.3) is 0 Å². The van der Waals surface area contributed by atoms with Crippen LogP contribution in [0.15, 0.2) is 30.3 Å². The molecule has 3 aromatic rings. The van der Waals surface area contributed by atoms with Crippen molar-refractivity contribution in [1.29, 1.82) is 0 Å². The number of aromatic nitrogens is 1. The average molecular weight is 331 g/mol. The number of nitrogens with one attached hydrogen (secondary N) is 1. The zero-order chi connectivity index (χ0) is 17.3. The normalized spacial score (nSPS) is 10.7. The first-order valence-electron chi connectivity index (χ1n) is 7.33. The highest BCUT2D eigenvalue weighted by Gasteiger charge is 2.17. The molecule has 3 rings (SSSR count). The lowest BCUT2D eigenvalue weighted by Crippen LogP contribution is -1.96. The summed E-state index contributed by atoms with van der Waals surface area (Å²) in [5.74, 6) is 2.17. The summed E-state index contributed by atoms with van der Waals surface area (Å²) in [5.41, 5.74) is 1.60. The van der Waals surface area contributed by atoms with E-state index in [4.69, 9.17) is 18.9 Å². The molecule has 0 aliphatic heterocycles. The third kappa shape index (κ3) is 2.71. The first kappa shape index (κ1) is 16.0. The van der Waals surface area contributed by atoms with Gasteiger partial charge in [0, 0.05) is 23.0 Å². The Kier molecular flexibility index (Phi) is 4.20. The van der Waals surface area contributed by atoms with E-state index in [0.29, 0.717) is 34.1 Å². The van der Waals surface area contributed by atoms with Crippen molar-refractivity contribution < 1.29 is 23.3 Å². The van der Waals surface area contributed by atoms with Crippen LogP contribution in [-0.2, 0) is 0 Å². The van der Waals surface area contributed by atoms with Crippen LogP contribution in [-0.4, -0.2) is 26.3 Å². The van der Waals surface area contributed by atoms with E-state index in [1.165, 1.54) is 33.5 Å². The number of benzene rings is 2. The lowest BCUT2D eigenvalue weighted by Gasteiger charge is -2.14. The van der Waals surface area contributed by atoms with Crippen LogP contribution >= 0.6 is 0 Å². The first-order chi connectivity index (χ1) is 11.6. The topological polar surface area (TPSA) is 52.7 Å². The third-order valence-electron chi connectivity index (χ3n) is 3.75. The average Bonchev–Trinajstić information content (AvgIpc) is 2.89. The molecule has 126 valence electrons. The minimum absolute atomic E-state index is 0.323. The summed E-state index contributed by atoms with van der Waals surface area (Å²) in [6, 6.07) is 7.91. The van der Waals surface area contributed by atoms with Crippen molar-refractivity contribution in [1.82, 2.24) is 4.98 Å². The Labute approximate surface area is 138 Å². The standard InChI is InChI=1S/C18H18FNO4/c1-10-17(13-7-11(19)5-6-14(13)20-10)24-12-8-15(21-2)18(23-4)16(9-12)22-3/h5-9,20H,1-4H3. The highest BCUT2D eigenvalue weighted by atomic mass is 19.1. The third-order valence-corrected chi connectivity index (χ3v) is 3.75. The van der Waals surface area contributed by atoms with Crippen LogP contribution in [0.5, 0.6) is 28.7 Å². The zero-order valence-electron chi connectivity index (χ0n) is 13.9. The smallest absolute Gasteiger partial charge is 0.203 e. The Morgan fingerprint density at radius 1 is 0.875 bits per heavy atom. The van der Waals surface area contributed by atoms with E-state index < -0.39 is 0 Å². The maximum atomic E-state index is 13.6. The molecule has 0 fully saturated rings. The SMILES string of the molecule is COc1cc(Oc2c(C)[nH]c3ccc(F)cc23)cc(OC)c1OC. The number of aromatic amines is 1. The van der Waals surface area contributed by atoms with E-state index in [2.05, 4.69) is 4.98 Å². The van der Waals surface area contributed by atoms with Crippen molar-refractivity contribution in [2.45, 2.75) is 6.92 Å². The maximum Gasteiger partial charge on any atom is 0.203 e. The van der Waals surface area contributed by atoms with Gasteiger partial charge < -0.3 is 23.9 Å². The van der Waals surface area contributed by atoms with Crippen molar-refractivity contribution in [2.75, 3.05) is 21.3 Å². The number of hydrogen-bond acceptors (Lipinski definition) is 4. The Balaban J connectivity index is 2.08. The molecule has 0 atom stereocenters. The van der Waals surface area contributed by atoms with E-state index >= 15 is 0 Å². The number of halogens is 1. The minimum Gasteiger partial charge on any atom is -0.493 e. The van der Waals surface area contributed by atoms with Crippen LogP contribution in [0.2, 0.25) is 0 Å². The van der Waals surface area contributed by atoms with Crippen molar-refractivity contribution in [3.63, 3.8) is 0 Å². The Morgan fingerprint density at radius 2 is 1.54 bits per heavy atom. The molecular formula is C18H18FNO4. The largest absolute Gasteiger partial charge is 0.493 e. The molecule has 2 aromatic carbocycles. The molecule has 0 saturated carbocycles. The van der Waals surface area contributed by atoms with Gasteiger partial charge in [-0.05, 0) is 25.1 Å². The second-order valence-electron chi connectivity index (χ2n) is 5.23. The summed E-state index contributed by atoms with van der Waals surface area (Å²) < 4.78 is 35.5. The predicted octanol–water partition coefficient (Wildman–Crippen LogP) is 4.43. The molecule has 0 amide bonds. The molecule has 0 spiro atoms. The molecule has 24 heavy (non-hydrogen) atoms. The van der Waals surface area contributed by atoms with E-state index in [1.807, 2.05) is 6.92 Å². The molecule has 0 saturated heterocycles. The van der Waals surface area contributed by atoms with Crippen LogP contribution < -0.4 is 18.9 Å². The van der Waals surface area contributed by atoms with Gasteiger partial charge in [0.05, 0.1) is 27.0 Å². The van der Waals surface area contributed by atoms with Crippen molar-refractivity contribution in [3.8, 4) is 28.7 Å². The molecule has 0 bridgehead atoms. The molecule has 0 aliphatic carbocycles. The number of rotatable bonds is 5. The van der Waals surface area contributed by atoms with Crippen molar-refractivity contribution in [3.05, 3.63) is 41.8 Å². The summed E-state index contributed by atoms with van der Waals surface area (Å²) in [6.07, 6.45) is 0. The lowest BCUT2D eigenvalue weighted by atomic mass is 10.2. The van der Waals surface area contributed by atoms with E-state index in [-0.39, 0.29) is 5.82 Å². The molecule has 1 N–H and O–H groups in total. The summed E-state index contributed by atoms with van der Waals surface area (Å²) >= 11 is 0. The Hall–Kier alpha value is -2.89. The number of fused-ring (bicyclic) bond motifs is 1. The number of ether oxygens (including phenoxy) is 4. The molecule has 0 unspecified atom stereocenters. The quantitative estimate of drug-likeness (QED) is 0.751. The molecule has 0 aliphatic rings. The van der Waals surface area contributed by atoms with Crippen LogP contribution in [0, 0.1) is 12.7 Å². The molecule has 1 heterocycles. The van der Waals surface area contributed by atoms with E-state index in [0.717, 1.165) is 11.2 Å². The lowest BCUT2D eigenvalue weighted by molar-refractivity contribution is 0.321. The number of aryl methyl sites for hydroxylation is 1. The molecule has 1 aromatic heterocycles. The Bertz CT molecular complexity index is 863. The van der Waals surface area contributed by atoms with Crippen LogP contribution in [0.25, 0.3) is 10.9 Å². The number of methoxy groups -OCH3 is 3. The van der Waals surface area contributed by atoms with Gasteiger partial charge in [-0.15, -0.1) is 0 Å². The number of H-pyrrole nitrogens is 1. The first-order valence-corrected chi connectivity index (χ1v) is 7.33. The fourth-order valence-corrected chi connectivity index (χ4v) is 2.64. The van der Waals surface area contributed by atoms with Crippen molar-refractivity contribution in [2.24, 2.45) is 0 Å². The van der Waals surface area contributed by atoms with Gasteiger partial charge in [0.15, 0.2) is 17.2 Å². The van der Waals surface area contributed by atoms with Crippen LogP contribution in [0.1, 0.15) is 5.69 Å². The van der Waals surface area contributed by atoms with Gasteiger partial charge >= 0.3 is 0 Å². The van der Waals surface area contributed by atoms with Crippen molar-refractivity contribution >= 4 is 10.9 Å². The van der Waals surface area contributed by atoms with Gasteiger partial charge in [-0.25, -0.2) is 4.39 Å². The maximum absolute atomic E-state index is 13.6.